The van der Waals surface area contributed by atoms with Crippen LogP contribution < -0.4 is 5.32 Å². The first-order chi connectivity index (χ1) is 10.7. The second kappa shape index (κ2) is 7.68. The summed E-state index contributed by atoms with van der Waals surface area (Å²) in [5.74, 6) is 1.67. The SMILES string of the molecule is O=C1CCSC[C@@H](C(=O)N2CCN(C3CCCCC3)CC2)N1. The normalized spacial score (nSPS) is 29.0. The van der Waals surface area contributed by atoms with Crippen LogP contribution in [0.25, 0.3) is 0 Å². The van der Waals surface area contributed by atoms with Gasteiger partial charge in [-0.3, -0.25) is 14.5 Å². The lowest BCUT2D eigenvalue weighted by molar-refractivity contribution is -0.137. The molecule has 1 N–H and O–H groups in total. The van der Waals surface area contributed by atoms with Crippen LogP contribution in [0.4, 0.5) is 0 Å². The lowest BCUT2D eigenvalue weighted by Crippen LogP contribution is -2.57. The van der Waals surface area contributed by atoms with Crippen molar-refractivity contribution in [2.75, 3.05) is 37.7 Å². The van der Waals surface area contributed by atoms with E-state index in [1.165, 1.54) is 32.1 Å². The average molecular weight is 325 g/mol. The minimum Gasteiger partial charge on any atom is -0.343 e. The zero-order valence-corrected chi connectivity index (χ0v) is 14.1. The molecule has 3 aliphatic rings. The molecule has 6 heteroatoms. The topological polar surface area (TPSA) is 52.7 Å². The first-order valence-electron chi connectivity index (χ1n) is 8.64. The summed E-state index contributed by atoms with van der Waals surface area (Å²) in [6, 6.07) is 0.417. The second-order valence-corrected chi connectivity index (χ2v) is 7.75. The fraction of sp³-hybridized carbons (Fsp3) is 0.875. The van der Waals surface area contributed by atoms with E-state index >= 15 is 0 Å². The molecule has 1 aliphatic carbocycles. The Morgan fingerprint density at radius 2 is 1.82 bits per heavy atom. The van der Waals surface area contributed by atoms with Gasteiger partial charge in [0.05, 0.1) is 0 Å². The number of carbonyl (C=O) groups is 2. The number of hydrogen-bond acceptors (Lipinski definition) is 4. The number of piperazine rings is 1. The molecule has 0 spiro atoms. The number of hydrogen-bond donors (Lipinski definition) is 1. The molecule has 0 aromatic rings. The minimum absolute atomic E-state index is 0.0178. The summed E-state index contributed by atoms with van der Waals surface area (Å²) in [7, 11) is 0. The summed E-state index contributed by atoms with van der Waals surface area (Å²) >= 11 is 1.70. The Labute approximate surface area is 137 Å². The Balaban J connectivity index is 1.49. The van der Waals surface area contributed by atoms with E-state index in [1.54, 1.807) is 11.8 Å². The summed E-state index contributed by atoms with van der Waals surface area (Å²) in [5, 5.41) is 2.89. The van der Waals surface area contributed by atoms with Crippen molar-refractivity contribution in [3.63, 3.8) is 0 Å². The van der Waals surface area contributed by atoms with Crippen LogP contribution in [0.2, 0.25) is 0 Å². The molecule has 2 amide bonds. The van der Waals surface area contributed by atoms with E-state index in [-0.39, 0.29) is 17.9 Å². The minimum atomic E-state index is -0.318. The number of carbonyl (C=O) groups excluding carboxylic acids is 2. The van der Waals surface area contributed by atoms with Crippen molar-refractivity contribution in [1.29, 1.82) is 0 Å². The third-order valence-corrected chi connectivity index (χ3v) is 6.17. The Bertz CT molecular complexity index is 404. The van der Waals surface area contributed by atoms with Gasteiger partial charge in [-0.05, 0) is 12.8 Å². The maximum absolute atomic E-state index is 12.6. The van der Waals surface area contributed by atoms with E-state index in [0.29, 0.717) is 12.2 Å². The molecule has 0 bridgehead atoms. The molecule has 3 rings (SSSR count). The van der Waals surface area contributed by atoms with E-state index < -0.39 is 0 Å². The lowest BCUT2D eigenvalue weighted by Gasteiger charge is -2.41. The molecule has 0 aromatic heterocycles. The highest BCUT2D eigenvalue weighted by atomic mass is 32.2. The van der Waals surface area contributed by atoms with Crippen molar-refractivity contribution in [2.45, 2.75) is 50.6 Å². The summed E-state index contributed by atoms with van der Waals surface area (Å²) in [4.78, 5) is 28.8. The van der Waals surface area contributed by atoms with E-state index in [9.17, 15) is 9.59 Å². The van der Waals surface area contributed by atoms with Crippen LogP contribution in [0.15, 0.2) is 0 Å². The fourth-order valence-corrected chi connectivity index (χ4v) is 4.74. The zero-order valence-electron chi connectivity index (χ0n) is 13.3. The number of nitrogens with zero attached hydrogens (tertiary/aromatic N) is 2. The van der Waals surface area contributed by atoms with Gasteiger partial charge in [0.2, 0.25) is 11.8 Å². The van der Waals surface area contributed by atoms with Gasteiger partial charge in [-0.2, -0.15) is 11.8 Å². The molecule has 0 radical (unpaired) electrons. The van der Waals surface area contributed by atoms with Crippen molar-refractivity contribution >= 4 is 23.6 Å². The summed E-state index contributed by atoms with van der Waals surface area (Å²) in [6.45, 7) is 3.60. The van der Waals surface area contributed by atoms with Crippen LogP contribution >= 0.6 is 11.8 Å². The summed E-state index contributed by atoms with van der Waals surface area (Å²) in [6.07, 6.45) is 7.27. The molecular weight excluding hydrogens is 298 g/mol. The van der Waals surface area contributed by atoms with E-state index in [4.69, 9.17) is 0 Å². The van der Waals surface area contributed by atoms with Gasteiger partial charge in [0.15, 0.2) is 0 Å². The standard InChI is InChI=1S/C16H27N3O2S/c20-15-6-11-22-12-14(17-15)16(21)19-9-7-18(8-10-19)13-4-2-1-3-5-13/h13-14H,1-12H2,(H,17,20)/t14-/m0/s1. The fourth-order valence-electron chi connectivity index (χ4n) is 3.78. The van der Waals surface area contributed by atoms with Gasteiger partial charge in [-0.25, -0.2) is 0 Å². The van der Waals surface area contributed by atoms with Gasteiger partial charge in [-0.1, -0.05) is 19.3 Å². The molecule has 5 nitrogen and oxygen atoms in total. The number of amides is 2. The van der Waals surface area contributed by atoms with Gasteiger partial charge in [-0.15, -0.1) is 0 Å². The van der Waals surface area contributed by atoms with Gasteiger partial charge < -0.3 is 10.2 Å². The van der Waals surface area contributed by atoms with Gasteiger partial charge in [0, 0.05) is 50.1 Å². The molecule has 1 saturated carbocycles. The predicted octanol–water partition coefficient (Wildman–Crippen LogP) is 1.08. The van der Waals surface area contributed by atoms with Crippen molar-refractivity contribution < 1.29 is 9.59 Å². The molecular formula is C16H27N3O2S. The average Bonchev–Trinajstić information content (AvgIpc) is 2.80. The van der Waals surface area contributed by atoms with Crippen LogP contribution in [0.3, 0.4) is 0 Å². The van der Waals surface area contributed by atoms with Crippen molar-refractivity contribution in [3.8, 4) is 0 Å². The van der Waals surface area contributed by atoms with E-state index in [2.05, 4.69) is 10.2 Å². The highest BCUT2D eigenvalue weighted by molar-refractivity contribution is 7.99. The van der Waals surface area contributed by atoms with Crippen LogP contribution in [0, 0.1) is 0 Å². The Hall–Kier alpha value is -0.750. The number of thioether (sulfide) groups is 1. The summed E-state index contributed by atoms with van der Waals surface area (Å²) in [5.41, 5.74) is 0. The quantitative estimate of drug-likeness (QED) is 0.826. The third-order valence-electron chi connectivity index (χ3n) is 5.11. The first kappa shape index (κ1) is 16.1. The second-order valence-electron chi connectivity index (χ2n) is 6.60. The Kier molecular flexibility index (Phi) is 5.63. The lowest BCUT2D eigenvalue weighted by atomic mass is 9.94. The van der Waals surface area contributed by atoms with Crippen molar-refractivity contribution in [1.82, 2.24) is 15.1 Å². The predicted molar refractivity (Wildman–Crippen MR) is 88.9 cm³/mol. The largest absolute Gasteiger partial charge is 0.343 e. The third kappa shape index (κ3) is 3.96. The molecule has 3 fully saturated rings. The molecule has 0 unspecified atom stereocenters. The van der Waals surface area contributed by atoms with E-state index in [0.717, 1.165) is 38.0 Å². The van der Waals surface area contributed by atoms with Gasteiger partial charge >= 0.3 is 0 Å². The molecule has 2 saturated heterocycles. The number of nitrogens with one attached hydrogen (secondary N) is 1. The Morgan fingerprint density at radius 3 is 2.55 bits per heavy atom. The zero-order chi connectivity index (χ0) is 15.4. The van der Waals surface area contributed by atoms with E-state index in [1.807, 2.05) is 4.90 Å². The van der Waals surface area contributed by atoms with Crippen molar-refractivity contribution in [2.24, 2.45) is 0 Å². The molecule has 1 atom stereocenters. The van der Waals surface area contributed by atoms with Crippen molar-refractivity contribution in [3.05, 3.63) is 0 Å². The van der Waals surface area contributed by atoms with Gasteiger partial charge in [0.25, 0.3) is 0 Å². The van der Waals surface area contributed by atoms with Crippen LogP contribution in [-0.2, 0) is 9.59 Å². The van der Waals surface area contributed by atoms with Crippen LogP contribution in [0.5, 0.6) is 0 Å². The molecule has 124 valence electrons. The Morgan fingerprint density at radius 1 is 1.09 bits per heavy atom. The van der Waals surface area contributed by atoms with Crippen LogP contribution in [-0.4, -0.2) is 71.4 Å². The molecule has 2 heterocycles. The monoisotopic (exact) mass is 325 g/mol. The maximum Gasteiger partial charge on any atom is 0.246 e. The van der Waals surface area contributed by atoms with Gasteiger partial charge in [0.1, 0.15) is 6.04 Å². The van der Waals surface area contributed by atoms with Crippen LogP contribution in [0.1, 0.15) is 38.5 Å². The smallest absolute Gasteiger partial charge is 0.246 e. The molecule has 22 heavy (non-hydrogen) atoms. The highest BCUT2D eigenvalue weighted by Crippen LogP contribution is 2.23. The highest BCUT2D eigenvalue weighted by Gasteiger charge is 2.31. The molecule has 2 aliphatic heterocycles. The maximum atomic E-state index is 12.6. The summed E-state index contributed by atoms with van der Waals surface area (Å²) < 4.78 is 0. The molecule has 0 aromatic carbocycles. The number of rotatable bonds is 2. The first-order valence-corrected chi connectivity index (χ1v) is 9.79.